The summed E-state index contributed by atoms with van der Waals surface area (Å²) >= 11 is 0. The Bertz CT molecular complexity index is 434. The summed E-state index contributed by atoms with van der Waals surface area (Å²) in [6, 6.07) is 12.4. The molecule has 0 aromatic heterocycles. The second kappa shape index (κ2) is 4.71. The number of hydrogen-bond acceptors (Lipinski definition) is 0. The van der Waals surface area contributed by atoms with Crippen molar-refractivity contribution >= 4 is 12.2 Å². The maximum atomic E-state index is 12.6. The first-order valence-corrected chi connectivity index (χ1v) is 4.93. The van der Waals surface area contributed by atoms with Crippen LogP contribution in [0, 0.1) is 11.6 Å². The molecule has 2 aromatic carbocycles. The summed E-state index contributed by atoms with van der Waals surface area (Å²) in [5.41, 5.74) is 1.82. The van der Waals surface area contributed by atoms with Crippen LogP contribution in [0.3, 0.4) is 0 Å². The van der Waals surface area contributed by atoms with Gasteiger partial charge in [0.1, 0.15) is 11.6 Å². The van der Waals surface area contributed by atoms with E-state index in [1.54, 1.807) is 24.3 Å². The molecule has 0 heterocycles. The molecule has 0 bridgehead atoms. The Hall–Kier alpha value is -1.96. The van der Waals surface area contributed by atoms with Crippen LogP contribution in [0.5, 0.6) is 0 Å². The van der Waals surface area contributed by atoms with E-state index in [0.717, 1.165) is 11.1 Å². The van der Waals surface area contributed by atoms with Crippen LogP contribution in [-0.2, 0) is 0 Å². The van der Waals surface area contributed by atoms with Crippen LogP contribution in [0.1, 0.15) is 11.1 Å². The van der Waals surface area contributed by atoms with Gasteiger partial charge in [0.2, 0.25) is 0 Å². The van der Waals surface area contributed by atoms with Gasteiger partial charge < -0.3 is 0 Å². The zero-order chi connectivity index (χ0) is 11.4. The quantitative estimate of drug-likeness (QED) is 0.662. The topological polar surface area (TPSA) is 0 Å². The van der Waals surface area contributed by atoms with Crippen LogP contribution in [-0.4, -0.2) is 0 Å². The van der Waals surface area contributed by atoms with Crippen molar-refractivity contribution in [3.63, 3.8) is 0 Å². The van der Waals surface area contributed by atoms with Crippen molar-refractivity contribution in [2.75, 3.05) is 0 Å². The van der Waals surface area contributed by atoms with Crippen molar-refractivity contribution in [3.05, 3.63) is 71.3 Å². The molecule has 2 heteroatoms. The minimum absolute atomic E-state index is 0.251. The predicted octanol–water partition coefficient (Wildman–Crippen LogP) is 4.14. The van der Waals surface area contributed by atoms with Gasteiger partial charge in [-0.2, -0.15) is 0 Å². The Morgan fingerprint density at radius 3 is 1.19 bits per heavy atom. The zero-order valence-electron chi connectivity index (χ0n) is 8.53. The lowest BCUT2D eigenvalue weighted by Gasteiger charge is -1.94. The molecule has 0 nitrogen and oxygen atoms in total. The zero-order valence-corrected chi connectivity index (χ0v) is 8.53. The molecular formula is C14H10F2. The van der Waals surface area contributed by atoms with Crippen LogP contribution >= 0.6 is 0 Å². The molecule has 0 saturated heterocycles. The van der Waals surface area contributed by atoms with E-state index < -0.39 is 0 Å². The van der Waals surface area contributed by atoms with Crippen molar-refractivity contribution in [3.8, 4) is 0 Å². The number of halogens is 2. The third kappa shape index (κ3) is 2.76. The van der Waals surface area contributed by atoms with E-state index in [0.29, 0.717) is 0 Å². The van der Waals surface area contributed by atoms with Gasteiger partial charge in [-0.25, -0.2) is 8.78 Å². The number of rotatable bonds is 2. The summed E-state index contributed by atoms with van der Waals surface area (Å²) in [6.45, 7) is 0. The van der Waals surface area contributed by atoms with Gasteiger partial charge in [-0.15, -0.1) is 0 Å². The first-order valence-electron chi connectivity index (χ1n) is 4.93. The molecule has 16 heavy (non-hydrogen) atoms. The van der Waals surface area contributed by atoms with E-state index in [2.05, 4.69) is 0 Å². The van der Waals surface area contributed by atoms with E-state index in [1.807, 2.05) is 12.2 Å². The molecule has 0 aliphatic carbocycles. The second-order valence-electron chi connectivity index (χ2n) is 3.44. The van der Waals surface area contributed by atoms with E-state index in [9.17, 15) is 8.78 Å². The molecule has 0 radical (unpaired) electrons. The Morgan fingerprint density at radius 1 is 0.562 bits per heavy atom. The van der Waals surface area contributed by atoms with Gasteiger partial charge in [-0.3, -0.25) is 0 Å². The SMILES string of the molecule is Fc1ccc(/C=C\c2ccc(F)cc2)cc1. The molecule has 0 aliphatic heterocycles. The van der Waals surface area contributed by atoms with Gasteiger partial charge in [-0.05, 0) is 35.4 Å². The van der Waals surface area contributed by atoms with E-state index in [4.69, 9.17) is 0 Å². The molecule has 0 fully saturated rings. The molecule has 0 aliphatic rings. The van der Waals surface area contributed by atoms with Gasteiger partial charge >= 0.3 is 0 Å². The highest BCUT2D eigenvalue weighted by Gasteiger charge is 1.91. The van der Waals surface area contributed by atoms with E-state index in [1.165, 1.54) is 24.3 Å². The smallest absolute Gasteiger partial charge is 0.123 e. The summed E-state index contributed by atoms with van der Waals surface area (Å²) in [6.07, 6.45) is 3.71. The van der Waals surface area contributed by atoms with Gasteiger partial charge in [0.25, 0.3) is 0 Å². The molecular weight excluding hydrogens is 206 g/mol. The van der Waals surface area contributed by atoms with Gasteiger partial charge in [-0.1, -0.05) is 36.4 Å². The average Bonchev–Trinajstić information content (AvgIpc) is 2.30. The Labute approximate surface area is 92.9 Å². The third-order valence-electron chi connectivity index (χ3n) is 2.21. The Kier molecular flexibility index (Phi) is 3.10. The van der Waals surface area contributed by atoms with Crippen LogP contribution in [0.25, 0.3) is 12.2 Å². The minimum Gasteiger partial charge on any atom is -0.207 e. The fourth-order valence-corrected chi connectivity index (χ4v) is 1.34. The Balaban J connectivity index is 2.15. The summed E-state index contributed by atoms with van der Waals surface area (Å²) in [5.74, 6) is -0.502. The van der Waals surface area contributed by atoms with Crippen molar-refractivity contribution < 1.29 is 8.78 Å². The molecule has 80 valence electrons. The lowest BCUT2D eigenvalue weighted by Crippen LogP contribution is -1.76. The lowest BCUT2D eigenvalue weighted by molar-refractivity contribution is 0.627. The summed E-state index contributed by atoms with van der Waals surface area (Å²) in [4.78, 5) is 0. The van der Waals surface area contributed by atoms with Crippen LogP contribution in [0.2, 0.25) is 0 Å². The highest BCUT2D eigenvalue weighted by molar-refractivity contribution is 5.69. The molecule has 0 N–H and O–H groups in total. The molecule has 0 amide bonds. The van der Waals surface area contributed by atoms with Crippen LogP contribution < -0.4 is 0 Å². The highest BCUT2D eigenvalue weighted by Crippen LogP contribution is 2.09. The first-order chi connectivity index (χ1) is 7.74. The van der Waals surface area contributed by atoms with Crippen molar-refractivity contribution in [1.82, 2.24) is 0 Å². The van der Waals surface area contributed by atoms with Crippen LogP contribution in [0.4, 0.5) is 8.78 Å². The minimum atomic E-state index is -0.251. The maximum absolute atomic E-state index is 12.6. The van der Waals surface area contributed by atoms with Crippen molar-refractivity contribution in [2.45, 2.75) is 0 Å². The normalized spacial score (nSPS) is 10.9. The fraction of sp³-hybridized carbons (Fsp3) is 0. The third-order valence-corrected chi connectivity index (χ3v) is 2.21. The molecule has 0 unspecified atom stereocenters. The van der Waals surface area contributed by atoms with Crippen molar-refractivity contribution in [1.29, 1.82) is 0 Å². The molecule has 0 saturated carbocycles. The summed E-state index contributed by atoms with van der Waals surface area (Å²) in [5, 5.41) is 0. The number of benzene rings is 2. The summed E-state index contributed by atoms with van der Waals surface area (Å²) < 4.78 is 25.3. The standard InChI is InChI=1S/C14H10F2/c15-13-7-3-11(4-8-13)1-2-12-5-9-14(16)10-6-12/h1-10H/b2-1-. The average molecular weight is 216 g/mol. The van der Waals surface area contributed by atoms with Gasteiger partial charge in [0.05, 0.1) is 0 Å². The lowest BCUT2D eigenvalue weighted by atomic mass is 10.1. The molecule has 2 aromatic rings. The van der Waals surface area contributed by atoms with E-state index >= 15 is 0 Å². The largest absolute Gasteiger partial charge is 0.207 e. The monoisotopic (exact) mass is 216 g/mol. The maximum Gasteiger partial charge on any atom is 0.123 e. The highest BCUT2D eigenvalue weighted by atomic mass is 19.1. The predicted molar refractivity (Wildman–Crippen MR) is 61.7 cm³/mol. The second-order valence-corrected chi connectivity index (χ2v) is 3.44. The van der Waals surface area contributed by atoms with Gasteiger partial charge in [0, 0.05) is 0 Å². The van der Waals surface area contributed by atoms with Crippen LogP contribution in [0.15, 0.2) is 48.5 Å². The summed E-state index contributed by atoms with van der Waals surface area (Å²) in [7, 11) is 0. The molecule has 0 atom stereocenters. The molecule has 2 rings (SSSR count). The van der Waals surface area contributed by atoms with Gasteiger partial charge in [0.15, 0.2) is 0 Å². The Morgan fingerprint density at radius 2 is 0.875 bits per heavy atom. The molecule has 0 spiro atoms. The first kappa shape index (κ1) is 10.6. The fourth-order valence-electron chi connectivity index (χ4n) is 1.34. The number of hydrogen-bond donors (Lipinski definition) is 0. The van der Waals surface area contributed by atoms with Crippen molar-refractivity contribution in [2.24, 2.45) is 0 Å². The van der Waals surface area contributed by atoms with E-state index in [-0.39, 0.29) is 11.6 Å².